The molecular weight excluding hydrogens is 331 g/mol. The van der Waals surface area contributed by atoms with E-state index in [9.17, 15) is 4.39 Å². The molecule has 1 heterocycles. The first-order valence-corrected chi connectivity index (χ1v) is 8.04. The van der Waals surface area contributed by atoms with Crippen molar-refractivity contribution in [1.29, 1.82) is 0 Å². The molecule has 0 aliphatic carbocycles. The molecule has 21 heavy (non-hydrogen) atoms. The Hall–Kier alpha value is -1.26. The average Bonchev–Trinajstić information content (AvgIpc) is 2.49. The van der Waals surface area contributed by atoms with Crippen molar-refractivity contribution >= 4 is 15.9 Å². The molecule has 1 aromatic carbocycles. The highest BCUT2D eigenvalue weighted by molar-refractivity contribution is 9.10. The number of nitrogens with zero attached hydrogens (tertiary/aromatic N) is 1. The fraction of sp³-hybridized carbons (Fsp3) is 0.353. The van der Waals surface area contributed by atoms with Gasteiger partial charge in [0.2, 0.25) is 0 Å². The summed E-state index contributed by atoms with van der Waals surface area (Å²) in [6.45, 7) is 3.14. The van der Waals surface area contributed by atoms with Crippen LogP contribution in [0.3, 0.4) is 0 Å². The zero-order valence-electron chi connectivity index (χ0n) is 12.2. The highest BCUT2D eigenvalue weighted by atomic mass is 79.9. The Morgan fingerprint density at radius 3 is 2.52 bits per heavy atom. The fourth-order valence-corrected chi connectivity index (χ4v) is 2.75. The Morgan fingerprint density at radius 1 is 1.14 bits per heavy atom. The van der Waals surface area contributed by atoms with Gasteiger partial charge in [0.25, 0.3) is 0 Å². The molecule has 0 saturated carbocycles. The SMILES string of the molecule is CCCNC(Cc1ccncc1)Cc1ccc(F)c(Br)c1. The third-order valence-corrected chi connectivity index (χ3v) is 3.99. The second-order valence-electron chi connectivity index (χ2n) is 5.16. The number of pyridine rings is 1. The van der Waals surface area contributed by atoms with Crippen molar-refractivity contribution < 1.29 is 4.39 Å². The minimum Gasteiger partial charge on any atom is -0.313 e. The smallest absolute Gasteiger partial charge is 0.137 e. The van der Waals surface area contributed by atoms with Crippen LogP contribution < -0.4 is 5.32 Å². The van der Waals surface area contributed by atoms with E-state index >= 15 is 0 Å². The molecule has 2 rings (SSSR count). The molecule has 2 nitrogen and oxygen atoms in total. The lowest BCUT2D eigenvalue weighted by atomic mass is 9.99. The van der Waals surface area contributed by atoms with Crippen LogP contribution in [0.5, 0.6) is 0 Å². The van der Waals surface area contributed by atoms with Crippen molar-refractivity contribution in [2.75, 3.05) is 6.54 Å². The number of halogens is 2. The van der Waals surface area contributed by atoms with Crippen molar-refractivity contribution in [2.45, 2.75) is 32.2 Å². The molecule has 0 fully saturated rings. The van der Waals surface area contributed by atoms with Crippen LogP contribution in [0.1, 0.15) is 24.5 Å². The van der Waals surface area contributed by atoms with E-state index in [-0.39, 0.29) is 5.82 Å². The number of hydrogen-bond donors (Lipinski definition) is 1. The summed E-state index contributed by atoms with van der Waals surface area (Å²) in [5.41, 5.74) is 2.39. The van der Waals surface area contributed by atoms with E-state index in [0.717, 1.165) is 31.4 Å². The third kappa shape index (κ3) is 5.21. The van der Waals surface area contributed by atoms with Crippen LogP contribution in [0.2, 0.25) is 0 Å². The zero-order chi connectivity index (χ0) is 15.1. The van der Waals surface area contributed by atoms with Gasteiger partial charge < -0.3 is 5.32 Å². The van der Waals surface area contributed by atoms with Crippen LogP contribution in [0, 0.1) is 5.82 Å². The average molecular weight is 351 g/mol. The van der Waals surface area contributed by atoms with Gasteiger partial charge in [-0.1, -0.05) is 13.0 Å². The van der Waals surface area contributed by atoms with E-state index in [0.29, 0.717) is 10.5 Å². The summed E-state index contributed by atoms with van der Waals surface area (Å²) in [6, 6.07) is 9.66. The van der Waals surface area contributed by atoms with Crippen molar-refractivity contribution in [3.63, 3.8) is 0 Å². The van der Waals surface area contributed by atoms with Crippen LogP contribution in [0.25, 0.3) is 0 Å². The molecule has 0 aliphatic heterocycles. The Morgan fingerprint density at radius 2 is 1.86 bits per heavy atom. The molecule has 4 heteroatoms. The van der Waals surface area contributed by atoms with Crippen molar-refractivity contribution in [3.05, 3.63) is 64.1 Å². The number of rotatable bonds is 7. The standard InChI is InChI=1S/C17H20BrFN2/c1-2-7-21-15(10-13-5-8-20-9-6-13)11-14-3-4-17(19)16(18)12-14/h3-6,8-9,12,15,21H,2,7,10-11H2,1H3. The van der Waals surface area contributed by atoms with Crippen molar-refractivity contribution in [1.82, 2.24) is 10.3 Å². The van der Waals surface area contributed by atoms with Gasteiger partial charge in [0.1, 0.15) is 5.82 Å². The first-order chi connectivity index (χ1) is 10.2. The Labute approximate surface area is 133 Å². The van der Waals surface area contributed by atoms with Gasteiger partial charge in [-0.05, 0) is 77.1 Å². The lowest BCUT2D eigenvalue weighted by Crippen LogP contribution is -2.33. The molecule has 112 valence electrons. The fourth-order valence-electron chi connectivity index (χ4n) is 2.32. The van der Waals surface area contributed by atoms with Gasteiger partial charge in [-0.2, -0.15) is 0 Å². The van der Waals surface area contributed by atoms with Crippen molar-refractivity contribution in [3.8, 4) is 0 Å². The predicted octanol–water partition coefficient (Wildman–Crippen LogP) is 4.14. The lowest BCUT2D eigenvalue weighted by molar-refractivity contribution is 0.504. The van der Waals surface area contributed by atoms with E-state index in [1.165, 1.54) is 11.6 Å². The largest absolute Gasteiger partial charge is 0.313 e. The van der Waals surface area contributed by atoms with E-state index in [1.54, 1.807) is 0 Å². The minimum absolute atomic E-state index is 0.217. The maximum atomic E-state index is 13.3. The Bertz CT molecular complexity index is 560. The summed E-state index contributed by atoms with van der Waals surface area (Å²) < 4.78 is 13.8. The lowest BCUT2D eigenvalue weighted by Gasteiger charge is -2.19. The summed E-state index contributed by atoms with van der Waals surface area (Å²) in [4.78, 5) is 4.05. The molecule has 2 aromatic rings. The summed E-state index contributed by atoms with van der Waals surface area (Å²) in [5, 5.41) is 3.57. The number of hydrogen-bond acceptors (Lipinski definition) is 2. The molecule has 1 N–H and O–H groups in total. The number of aromatic nitrogens is 1. The van der Waals surface area contributed by atoms with Gasteiger partial charge in [-0.15, -0.1) is 0 Å². The summed E-state index contributed by atoms with van der Waals surface area (Å²) in [6.07, 6.45) is 6.56. The van der Waals surface area contributed by atoms with E-state index < -0.39 is 0 Å². The first kappa shape index (κ1) is 16.1. The molecule has 0 spiro atoms. The second kappa shape index (κ2) is 8.25. The van der Waals surface area contributed by atoms with Crippen LogP contribution in [0.15, 0.2) is 47.2 Å². The number of nitrogens with one attached hydrogen (secondary N) is 1. The second-order valence-corrected chi connectivity index (χ2v) is 6.02. The topological polar surface area (TPSA) is 24.9 Å². The third-order valence-electron chi connectivity index (χ3n) is 3.38. The molecule has 0 bridgehead atoms. The van der Waals surface area contributed by atoms with Gasteiger partial charge in [0.05, 0.1) is 4.47 Å². The summed E-state index contributed by atoms with van der Waals surface area (Å²) in [5.74, 6) is -0.217. The minimum atomic E-state index is -0.217. The van der Waals surface area contributed by atoms with Gasteiger partial charge in [0, 0.05) is 18.4 Å². The number of benzene rings is 1. The highest BCUT2D eigenvalue weighted by Crippen LogP contribution is 2.18. The van der Waals surface area contributed by atoms with Gasteiger partial charge in [-0.25, -0.2) is 4.39 Å². The monoisotopic (exact) mass is 350 g/mol. The van der Waals surface area contributed by atoms with E-state index in [2.05, 4.69) is 33.2 Å². The van der Waals surface area contributed by atoms with Crippen LogP contribution in [0.4, 0.5) is 4.39 Å². The van der Waals surface area contributed by atoms with E-state index in [1.807, 2.05) is 36.7 Å². The summed E-state index contributed by atoms with van der Waals surface area (Å²) in [7, 11) is 0. The maximum absolute atomic E-state index is 13.3. The molecule has 1 atom stereocenters. The molecule has 0 aliphatic rings. The normalized spacial score (nSPS) is 12.3. The Kier molecular flexibility index (Phi) is 6.33. The molecule has 0 amide bonds. The van der Waals surface area contributed by atoms with Crippen LogP contribution >= 0.6 is 15.9 Å². The van der Waals surface area contributed by atoms with Crippen LogP contribution in [-0.4, -0.2) is 17.6 Å². The van der Waals surface area contributed by atoms with Gasteiger partial charge in [-0.3, -0.25) is 4.98 Å². The van der Waals surface area contributed by atoms with E-state index in [4.69, 9.17) is 0 Å². The molecule has 1 aromatic heterocycles. The van der Waals surface area contributed by atoms with Gasteiger partial charge in [0.15, 0.2) is 0 Å². The summed E-state index contributed by atoms with van der Waals surface area (Å²) >= 11 is 3.25. The molecule has 1 unspecified atom stereocenters. The predicted molar refractivity (Wildman–Crippen MR) is 87.8 cm³/mol. The van der Waals surface area contributed by atoms with Gasteiger partial charge >= 0.3 is 0 Å². The van der Waals surface area contributed by atoms with Crippen molar-refractivity contribution in [2.24, 2.45) is 0 Å². The molecule has 0 saturated heterocycles. The molecular formula is C17H20BrFN2. The highest BCUT2D eigenvalue weighted by Gasteiger charge is 2.11. The Balaban J connectivity index is 2.06. The zero-order valence-corrected chi connectivity index (χ0v) is 13.7. The quantitative estimate of drug-likeness (QED) is 0.811. The van der Waals surface area contributed by atoms with Crippen LogP contribution in [-0.2, 0) is 12.8 Å². The first-order valence-electron chi connectivity index (χ1n) is 7.25. The molecule has 0 radical (unpaired) electrons. The maximum Gasteiger partial charge on any atom is 0.137 e.